The fourth-order valence-electron chi connectivity index (χ4n) is 3.46. The summed E-state index contributed by atoms with van der Waals surface area (Å²) in [6.45, 7) is 2.77. The van der Waals surface area contributed by atoms with Crippen molar-refractivity contribution in [1.29, 1.82) is 0 Å². The normalized spacial score (nSPS) is 21.2. The Hall–Kier alpha value is -1.28. The van der Waals surface area contributed by atoms with Gasteiger partial charge in [-0.3, -0.25) is 4.99 Å². The van der Waals surface area contributed by atoms with E-state index in [0.717, 1.165) is 44.7 Å². The van der Waals surface area contributed by atoms with Gasteiger partial charge in [0.25, 0.3) is 0 Å². The zero-order chi connectivity index (χ0) is 17.9. The van der Waals surface area contributed by atoms with Crippen molar-refractivity contribution in [3.63, 3.8) is 0 Å². The molecule has 0 amide bonds. The minimum Gasteiger partial charge on any atom is -0.363 e. The highest BCUT2D eigenvalue weighted by Crippen LogP contribution is 2.46. The van der Waals surface area contributed by atoms with Crippen LogP contribution < -0.4 is 15.5 Å². The Bertz CT molecular complexity index is 688. The Kier molecular flexibility index (Phi) is 5.58. The topological polar surface area (TPSA) is 73.8 Å². The van der Waals surface area contributed by atoms with Crippen molar-refractivity contribution in [3.05, 3.63) is 17.5 Å². The van der Waals surface area contributed by atoms with Crippen molar-refractivity contribution in [1.82, 2.24) is 10.6 Å². The van der Waals surface area contributed by atoms with E-state index in [1.807, 2.05) is 0 Å². The molecule has 0 bridgehead atoms. The first kappa shape index (κ1) is 18.5. The summed E-state index contributed by atoms with van der Waals surface area (Å²) in [5, 5.41) is 10.3. The number of nitrogens with zero attached hydrogens (tertiary/aromatic N) is 2. The maximum Gasteiger partial charge on any atom is 0.191 e. The van der Waals surface area contributed by atoms with E-state index in [-0.39, 0.29) is 11.2 Å². The van der Waals surface area contributed by atoms with E-state index in [1.54, 1.807) is 18.4 Å². The van der Waals surface area contributed by atoms with Gasteiger partial charge in [0, 0.05) is 44.4 Å². The fraction of sp³-hybridized carbons (Fsp3) is 0.706. The lowest BCUT2D eigenvalue weighted by atomic mass is 10.1. The second-order valence-electron chi connectivity index (χ2n) is 7.35. The first-order valence-electron chi connectivity index (χ1n) is 8.83. The average Bonchev–Trinajstić information content (AvgIpc) is 3.10. The highest BCUT2D eigenvalue weighted by Gasteiger charge is 2.45. The van der Waals surface area contributed by atoms with Crippen molar-refractivity contribution in [2.45, 2.75) is 31.7 Å². The quantitative estimate of drug-likeness (QED) is 0.577. The maximum atomic E-state index is 11.6. The number of guanidine groups is 1. The van der Waals surface area contributed by atoms with Crippen LogP contribution in [0.1, 0.15) is 25.7 Å². The molecule has 25 heavy (non-hydrogen) atoms. The molecule has 1 aliphatic heterocycles. The SMILES string of the molecule is CN=C(NCC1(CS(C)(=O)=O)CC1)NC1CCN(c2cccs2)CC1. The summed E-state index contributed by atoms with van der Waals surface area (Å²) in [6.07, 6.45) is 5.42. The zero-order valence-electron chi connectivity index (χ0n) is 15.0. The standard InChI is InChI=1S/C17H28N4O2S2/c1-18-16(19-12-17(7-8-17)13-25(2,22)23)20-14-5-9-21(10-6-14)15-4-3-11-24-15/h3-4,11,14H,5-10,12-13H2,1-2H3,(H2,18,19,20). The number of anilines is 1. The summed E-state index contributed by atoms with van der Waals surface area (Å²) in [5.41, 5.74) is -0.0895. The minimum atomic E-state index is -2.93. The van der Waals surface area contributed by atoms with Crippen LogP contribution in [0.25, 0.3) is 0 Å². The predicted octanol–water partition coefficient (Wildman–Crippen LogP) is 1.71. The molecule has 2 N–H and O–H groups in total. The van der Waals surface area contributed by atoms with Gasteiger partial charge in [-0.1, -0.05) is 0 Å². The first-order chi connectivity index (χ1) is 11.9. The van der Waals surface area contributed by atoms with Crippen LogP contribution in [0, 0.1) is 5.41 Å². The molecule has 6 nitrogen and oxygen atoms in total. The number of nitrogens with one attached hydrogen (secondary N) is 2. The molecule has 0 unspecified atom stereocenters. The molecule has 1 aromatic rings. The van der Waals surface area contributed by atoms with Crippen LogP contribution in [0.3, 0.4) is 0 Å². The van der Waals surface area contributed by atoms with E-state index in [2.05, 4.69) is 38.0 Å². The van der Waals surface area contributed by atoms with Gasteiger partial charge in [-0.25, -0.2) is 8.42 Å². The molecule has 0 atom stereocenters. The Morgan fingerprint density at radius 1 is 1.40 bits per heavy atom. The fourth-order valence-corrected chi connectivity index (χ4v) is 5.75. The molecule has 0 aromatic carbocycles. The van der Waals surface area contributed by atoms with Crippen LogP contribution in [-0.4, -0.2) is 59.1 Å². The van der Waals surface area contributed by atoms with E-state index >= 15 is 0 Å². The van der Waals surface area contributed by atoms with Gasteiger partial charge in [0.1, 0.15) is 9.84 Å². The number of sulfone groups is 1. The molecular formula is C17H28N4O2S2. The predicted molar refractivity (Wildman–Crippen MR) is 105 cm³/mol. The molecule has 1 aliphatic carbocycles. The third-order valence-electron chi connectivity index (χ3n) is 5.03. The third kappa shape index (κ3) is 5.34. The third-order valence-corrected chi connectivity index (χ3v) is 7.10. The van der Waals surface area contributed by atoms with Crippen molar-refractivity contribution in [3.8, 4) is 0 Å². The largest absolute Gasteiger partial charge is 0.363 e. The van der Waals surface area contributed by atoms with Crippen LogP contribution in [0.2, 0.25) is 0 Å². The Labute approximate surface area is 154 Å². The summed E-state index contributed by atoms with van der Waals surface area (Å²) in [6, 6.07) is 4.68. The highest BCUT2D eigenvalue weighted by molar-refractivity contribution is 7.90. The molecule has 3 rings (SSSR count). The number of aliphatic imine (C=N–C) groups is 1. The summed E-state index contributed by atoms with van der Waals surface area (Å²) in [7, 11) is -1.16. The molecule has 2 aliphatic rings. The van der Waals surface area contributed by atoms with E-state index in [0.29, 0.717) is 12.6 Å². The van der Waals surface area contributed by atoms with Gasteiger partial charge >= 0.3 is 0 Å². The number of hydrogen-bond acceptors (Lipinski definition) is 5. The number of rotatable bonds is 6. The molecule has 1 saturated carbocycles. The first-order valence-corrected chi connectivity index (χ1v) is 11.8. The molecular weight excluding hydrogens is 356 g/mol. The van der Waals surface area contributed by atoms with Crippen molar-refractivity contribution in [2.24, 2.45) is 10.4 Å². The molecule has 0 radical (unpaired) electrons. The summed E-state index contributed by atoms with van der Waals surface area (Å²) < 4.78 is 23.1. The lowest BCUT2D eigenvalue weighted by Crippen LogP contribution is -2.49. The Balaban J connectivity index is 1.44. The molecule has 0 spiro atoms. The van der Waals surface area contributed by atoms with Crippen LogP contribution in [0.5, 0.6) is 0 Å². The summed E-state index contributed by atoms with van der Waals surface area (Å²) in [5.74, 6) is 1.05. The molecule has 140 valence electrons. The van der Waals surface area contributed by atoms with E-state index < -0.39 is 9.84 Å². The molecule has 1 aromatic heterocycles. The van der Waals surface area contributed by atoms with Gasteiger partial charge in [0.05, 0.1) is 10.8 Å². The van der Waals surface area contributed by atoms with E-state index in [4.69, 9.17) is 0 Å². The van der Waals surface area contributed by atoms with E-state index in [9.17, 15) is 8.42 Å². The molecule has 8 heteroatoms. The van der Waals surface area contributed by atoms with Gasteiger partial charge < -0.3 is 15.5 Å². The lowest BCUT2D eigenvalue weighted by molar-refractivity contribution is 0.458. The summed E-state index contributed by atoms with van der Waals surface area (Å²) >= 11 is 1.79. The molecule has 1 saturated heterocycles. The average molecular weight is 385 g/mol. The van der Waals surface area contributed by atoms with Crippen molar-refractivity contribution >= 4 is 32.1 Å². The number of piperidine rings is 1. The highest BCUT2D eigenvalue weighted by atomic mass is 32.2. The van der Waals surface area contributed by atoms with Crippen molar-refractivity contribution < 1.29 is 8.42 Å². The van der Waals surface area contributed by atoms with Gasteiger partial charge in [0.2, 0.25) is 0 Å². The van der Waals surface area contributed by atoms with Gasteiger partial charge in [-0.05, 0) is 43.2 Å². The minimum absolute atomic E-state index is 0.0895. The monoisotopic (exact) mass is 384 g/mol. The molecule has 2 fully saturated rings. The van der Waals surface area contributed by atoms with Gasteiger partial charge in [-0.15, -0.1) is 11.3 Å². The molecule has 2 heterocycles. The van der Waals surface area contributed by atoms with Gasteiger partial charge in [-0.2, -0.15) is 0 Å². The smallest absolute Gasteiger partial charge is 0.191 e. The van der Waals surface area contributed by atoms with E-state index in [1.165, 1.54) is 11.3 Å². The van der Waals surface area contributed by atoms with Crippen LogP contribution in [0.15, 0.2) is 22.5 Å². The Morgan fingerprint density at radius 2 is 2.12 bits per heavy atom. The second-order valence-corrected chi connectivity index (χ2v) is 10.4. The number of thiophene rings is 1. The van der Waals surface area contributed by atoms with Crippen LogP contribution >= 0.6 is 11.3 Å². The second kappa shape index (κ2) is 7.53. The zero-order valence-corrected chi connectivity index (χ0v) is 16.6. The maximum absolute atomic E-state index is 11.6. The van der Waals surface area contributed by atoms with Crippen LogP contribution in [0.4, 0.5) is 5.00 Å². The summed E-state index contributed by atoms with van der Waals surface area (Å²) in [4.78, 5) is 6.75. The van der Waals surface area contributed by atoms with Gasteiger partial charge in [0.15, 0.2) is 5.96 Å². The van der Waals surface area contributed by atoms with Crippen LogP contribution in [-0.2, 0) is 9.84 Å². The number of hydrogen-bond donors (Lipinski definition) is 2. The Morgan fingerprint density at radius 3 is 2.64 bits per heavy atom. The lowest BCUT2D eigenvalue weighted by Gasteiger charge is -2.33. The van der Waals surface area contributed by atoms with Crippen molar-refractivity contribution in [2.75, 3.05) is 43.6 Å².